The predicted octanol–water partition coefficient (Wildman–Crippen LogP) is 2.12. The third-order valence-electron chi connectivity index (χ3n) is 2.27. The Morgan fingerprint density at radius 3 is 2.62 bits per heavy atom. The van der Waals surface area contributed by atoms with Gasteiger partial charge in [0.1, 0.15) is 5.01 Å². The number of carbonyl (C=O) groups excluding carboxylic acids is 1. The molecule has 0 unspecified atom stereocenters. The maximum Gasteiger partial charge on any atom is 0.257 e. The number of anilines is 2. The average Bonchev–Trinajstić information content (AvgIpc) is 2.75. The molecule has 1 heterocycles. The second-order valence-corrected chi connectivity index (χ2v) is 7.49. The van der Waals surface area contributed by atoms with Crippen LogP contribution in [0.3, 0.4) is 0 Å². The fourth-order valence-corrected chi connectivity index (χ4v) is 2.84. The van der Waals surface area contributed by atoms with Crippen LogP contribution in [-0.4, -0.2) is 30.8 Å². The van der Waals surface area contributed by atoms with Crippen molar-refractivity contribution in [2.24, 2.45) is 0 Å². The first-order chi connectivity index (χ1) is 9.74. The first kappa shape index (κ1) is 15.7. The molecule has 1 amide bonds. The summed E-state index contributed by atoms with van der Waals surface area (Å²) in [6.07, 6.45) is 1.00. The van der Waals surface area contributed by atoms with E-state index in [4.69, 9.17) is 11.6 Å². The Morgan fingerprint density at radius 2 is 2.05 bits per heavy atom. The lowest BCUT2D eigenvalue weighted by atomic mass is 10.2. The van der Waals surface area contributed by atoms with Gasteiger partial charge in [0.2, 0.25) is 15.2 Å². The SMILES string of the molecule is Cc1nnc(NC(=O)c2ccc(Cl)c(NS(C)(=O)=O)c2)s1. The Balaban J connectivity index is 2.23. The molecule has 2 rings (SSSR count). The van der Waals surface area contributed by atoms with Gasteiger partial charge in [-0.15, -0.1) is 10.2 Å². The van der Waals surface area contributed by atoms with Gasteiger partial charge in [0.25, 0.3) is 5.91 Å². The minimum Gasteiger partial charge on any atom is -0.296 e. The van der Waals surface area contributed by atoms with Gasteiger partial charge >= 0.3 is 0 Å². The van der Waals surface area contributed by atoms with Crippen molar-refractivity contribution >= 4 is 49.7 Å². The first-order valence-corrected chi connectivity index (χ1v) is 8.72. The third kappa shape index (κ3) is 4.38. The highest BCUT2D eigenvalue weighted by molar-refractivity contribution is 7.92. The molecule has 0 aliphatic carbocycles. The second kappa shape index (κ2) is 5.96. The average molecular weight is 347 g/mol. The molecule has 0 saturated carbocycles. The number of nitrogens with one attached hydrogen (secondary N) is 2. The van der Waals surface area contributed by atoms with Crippen LogP contribution in [0, 0.1) is 6.92 Å². The van der Waals surface area contributed by atoms with Gasteiger partial charge in [-0.25, -0.2) is 8.42 Å². The Hall–Kier alpha value is -1.71. The van der Waals surface area contributed by atoms with E-state index >= 15 is 0 Å². The first-order valence-electron chi connectivity index (χ1n) is 5.63. The van der Waals surface area contributed by atoms with E-state index in [2.05, 4.69) is 20.2 Å². The maximum atomic E-state index is 12.1. The standard InChI is InChI=1S/C11H11ClN4O3S2/c1-6-14-15-11(20-6)13-10(17)7-3-4-8(12)9(5-7)16-21(2,18)19/h3-5,16H,1-2H3,(H,13,15,17). The maximum absolute atomic E-state index is 12.1. The third-order valence-corrected chi connectivity index (χ3v) is 3.94. The minimum atomic E-state index is -3.48. The van der Waals surface area contributed by atoms with Crippen LogP contribution in [0.5, 0.6) is 0 Å². The molecular formula is C11H11ClN4O3S2. The van der Waals surface area contributed by atoms with Gasteiger partial charge in [-0.1, -0.05) is 22.9 Å². The van der Waals surface area contributed by atoms with Crippen molar-refractivity contribution in [1.82, 2.24) is 10.2 Å². The van der Waals surface area contributed by atoms with Gasteiger partial charge in [-0.3, -0.25) is 14.8 Å². The molecule has 0 atom stereocenters. The number of aryl methyl sites for hydroxylation is 1. The summed E-state index contributed by atoms with van der Waals surface area (Å²) in [6.45, 7) is 1.77. The Kier molecular flexibility index (Phi) is 4.45. The van der Waals surface area contributed by atoms with Crippen molar-refractivity contribution in [1.29, 1.82) is 0 Å². The monoisotopic (exact) mass is 346 g/mol. The normalized spacial score (nSPS) is 11.2. The fourth-order valence-electron chi connectivity index (χ4n) is 1.46. The Morgan fingerprint density at radius 1 is 1.33 bits per heavy atom. The molecule has 0 aliphatic heterocycles. The van der Waals surface area contributed by atoms with Gasteiger partial charge in [-0.2, -0.15) is 0 Å². The summed E-state index contributed by atoms with van der Waals surface area (Å²) in [6, 6.07) is 4.28. The highest BCUT2D eigenvalue weighted by atomic mass is 35.5. The lowest BCUT2D eigenvalue weighted by molar-refractivity contribution is 0.102. The molecule has 0 aliphatic rings. The van der Waals surface area contributed by atoms with Crippen LogP contribution in [-0.2, 0) is 10.0 Å². The summed E-state index contributed by atoms with van der Waals surface area (Å²) in [7, 11) is -3.48. The minimum absolute atomic E-state index is 0.139. The zero-order valence-electron chi connectivity index (χ0n) is 11.0. The van der Waals surface area contributed by atoms with E-state index in [0.717, 1.165) is 11.3 Å². The fraction of sp³-hybridized carbons (Fsp3) is 0.182. The summed E-state index contributed by atoms with van der Waals surface area (Å²) >= 11 is 7.13. The molecule has 2 aromatic rings. The zero-order chi connectivity index (χ0) is 15.6. The van der Waals surface area contributed by atoms with E-state index in [-0.39, 0.29) is 16.3 Å². The van der Waals surface area contributed by atoms with Crippen LogP contribution in [0.4, 0.5) is 10.8 Å². The Bertz CT molecular complexity index is 789. The van der Waals surface area contributed by atoms with Gasteiger partial charge in [-0.05, 0) is 25.1 Å². The number of amides is 1. The molecule has 2 N–H and O–H groups in total. The smallest absolute Gasteiger partial charge is 0.257 e. The largest absolute Gasteiger partial charge is 0.296 e. The van der Waals surface area contributed by atoms with Crippen LogP contribution in [0.2, 0.25) is 5.02 Å². The number of halogens is 1. The highest BCUT2D eigenvalue weighted by Crippen LogP contribution is 2.24. The summed E-state index contributed by atoms with van der Waals surface area (Å²) in [4.78, 5) is 12.1. The number of aromatic nitrogens is 2. The molecule has 1 aromatic heterocycles. The predicted molar refractivity (Wildman–Crippen MR) is 82.5 cm³/mol. The molecule has 0 radical (unpaired) electrons. The van der Waals surface area contributed by atoms with Crippen LogP contribution in [0.25, 0.3) is 0 Å². The molecule has 112 valence electrons. The summed E-state index contributed by atoms with van der Waals surface area (Å²) in [5.74, 6) is -0.431. The molecule has 21 heavy (non-hydrogen) atoms. The molecular weight excluding hydrogens is 336 g/mol. The van der Waals surface area contributed by atoms with Crippen molar-refractivity contribution in [2.75, 3.05) is 16.3 Å². The second-order valence-electron chi connectivity index (χ2n) is 4.15. The topological polar surface area (TPSA) is 101 Å². The number of sulfonamides is 1. The van der Waals surface area contributed by atoms with Crippen molar-refractivity contribution in [2.45, 2.75) is 6.92 Å². The van der Waals surface area contributed by atoms with E-state index in [9.17, 15) is 13.2 Å². The van der Waals surface area contributed by atoms with Crippen molar-refractivity contribution in [3.8, 4) is 0 Å². The van der Waals surface area contributed by atoms with Gasteiger partial charge in [0, 0.05) is 5.56 Å². The molecule has 1 aromatic carbocycles. The van der Waals surface area contributed by atoms with Crippen LogP contribution in [0.15, 0.2) is 18.2 Å². The number of rotatable bonds is 4. The van der Waals surface area contributed by atoms with E-state index in [1.54, 1.807) is 6.92 Å². The molecule has 0 saturated heterocycles. The lowest BCUT2D eigenvalue weighted by Crippen LogP contribution is -2.14. The summed E-state index contributed by atoms with van der Waals surface area (Å²) < 4.78 is 24.7. The number of nitrogens with zero attached hydrogens (tertiary/aromatic N) is 2. The summed E-state index contributed by atoms with van der Waals surface area (Å²) in [5.41, 5.74) is 0.388. The van der Waals surface area contributed by atoms with Gasteiger partial charge < -0.3 is 0 Å². The molecule has 0 bridgehead atoms. The molecule has 0 fully saturated rings. The van der Waals surface area contributed by atoms with Crippen molar-refractivity contribution in [3.63, 3.8) is 0 Å². The quantitative estimate of drug-likeness (QED) is 0.883. The number of hydrogen-bond donors (Lipinski definition) is 2. The Labute approximate surface area is 130 Å². The van der Waals surface area contributed by atoms with E-state index in [1.165, 1.54) is 29.5 Å². The van der Waals surface area contributed by atoms with Crippen molar-refractivity contribution < 1.29 is 13.2 Å². The van der Waals surface area contributed by atoms with Crippen LogP contribution >= 0.6 is 22.9 Å². The molecule has 0 spiro atoms. The van der Waals surface area contributed by atoms with Gasteiger partial charge in [0.05, 0.1) is 17.0 Å². The van der Waals surface area contributed by atoms with Crippen molar-refractivity contribution in [3.05, 3.63) is 33.8 Å². The molecule has 10 heteroatoms. The zero-order valence-corrected chi connectivity index (χ0v) is 13.4. The highest BCUT2D eigenvalue weighted by Gasteiger charge is 2.13. The number of carbonyl (C=O) groups is 1. The van der Waals surface area contributed by atoms with E-state index < -0.39 is 15.9 Å². The van der Waals surface area contributed by atoms with E-state index in [1.807, 2.05) is 0 Å². The lowest BCUT2D eigenvalue weighted by Gasteiger charge is -2.08. The van der Waals surface area contributed by atoms with Gasteiger partial charge in [0.15, 0.2) is 0 Å². The van der Waals surface area contributed by atoms with Crippen LogP contribution < -0.4 is 10.0 Å². The van der Waals surface area contributed by atoms with Crippen LogP contribution in [0.1, 0.15) is 15.4 Å². The number of hydrogen-bond acceptors (Lipinski definition) is 6. The molecule has 7 nitrogen and oxygen atoms in total. The number of benzene rings is 1. The van der Waals surface area contributed by atoms with E-state index in [0.29, 0.717) is 5.13 Å². The summed E-state index contributed by atoms with van der Waals surface area (Å²) in [5, 5.41) is 11.4.